The van der Waals surface area contributed by atoms with E-state index >= 15 is 0 Å². The van der Waals surface area contributed by atoms with Crippen LogP contribution in [0.1, 0.15) is 11.5 Å². The number of cyclic esters (lactones) is 1. The number of anilines is 1. The molecule has 3 fully saturated rings. The van der Waals surface area contributed by atoms with E-state index in [0.717, 1.165) is 17.0 Å². The maximum Gasteiger partial charge on any atom is 0.415 e. The van der Waals surface area contributed by atoms with Gasteiger partial charge in [0.15, 0.2) is 6.10 Å². The van der Waals surface area contributed by atoms with Crippen molar-refractivity contribution in [3.8, 4) is 0 Å². The standard InChI is InChI=1S/C16H16F2N2O4S/c1-19-15(21)12-4-20(16(22)24-12)7-2-10(17)14(11(18)3-7)13-8-5-25(23)6-9(8)13/h2-3,8-9,12-13H,4-6H2,1H3,(H,19,21)/t8-,9+,12-,13?,25?/m1/s1. The SMILES string of the molecule is CNC(=O)[C@H]1CN(c2cc(F)c(C3[C@H]4C[S+]([O-])C[C@@H]34)c(F)c2)C(=O)O1. The molecule has 1 aliphatic carbocycles. The van der Waals surface area contributed by atoms with E-state index in [4.69, 9.17) is 4.74 Å². The summed E-state index contributed by atoms with van der Waals surface area (Å²) in [5.41, 5.74) is 0.0235. The number of fused-ring (bicyclic) bond motifs is 1. The predicted molar refractivity (Wildman–Crippen MR) is 85.6 cm³/mol. The van der Waals surface area contributed by atoms with Gasteiger partial charge in [0.2, 0.25) is 0 Å². The van der Waals surface area contributed by atoms with Gasteiger partial charge in [-0.15, -0.1) is 0 Å². The van der Waals surface area contributed by atoms with Crippen molar-refractivity contribution in [3.05, 3.63) is 29.3 Å². The molecule has 1 N–H and O–H groups in total. The van der Waals surface area contributed by atoms with Gasteiger partial charge in [-0.05, 0) is 12.1 Å². The van der Waals surface area contributed by atoms with Gasteiger partial charge in [-0.25, -0.2) is 13.6 Å². The molecule has 2 heterocycles. The molecule has 134 valence electrons. The van der Waals surface area contributed by atoms with Crippen LogP contribution in [0.3, 0.4) is 0 Å². The average Bonchev–Trinajstić information content (AvgIpc) is 2.91. The van der Waals surface area contributed by atoms with Crippen LogP contribution in [0.15, 0.2) is 12.1 Å². The summed E-state index contributed by atoms with van der Waals surface area (Å²) in [7, 11) is 1.41. The summed E-state index contributed by atoms with van der Waals surface area (Å²) in [6, 6.07) is 2.19. The molecular formula is C16H16F2N2O4S. The summed E-state index contributed by atoms with van der Waals surface area (Å²) in [5, 5.41) is 2.36. The Bertz CT molecular complexity index is 727. The molecule has 0 radical (unpaired) electrons. The molecule has 2 aliphatic heterocycles. The molecule has 2 amide bonds. The molecule has 6 nitrogen and oxygen atoms in total. The number of ether oxygens (including phenoxy) is 1. The van der Waals surface area contributed by atoms with Gasteiger partial charge in [-0.2, -0.15) is 0 Å². The maximum atomic E-state index is 14.5. The van der Waals surface area contributed by atoms with E-state index in [1.165, 1.54) is 7.05 Å². The summed E-state index contributed by atoms with van der Waals surface area (Å²) in [6.45, 7) is -0.107. The van der Waals surface area contributed by atoms with Crippen molar-refractivity contribution in [1.82, 2.24) is 5.32 Å². The first-order valence-electron chi connectivity index (χ1n) is 7.94. The van der Waals surface area contributed by atoms with Crippen molar-refractivity contribution in [1.29, 1.82) is 0 Å². The Morgan fingerprint density at radius 3 is 2.48 bits per heavy atom. The highest BCUT2D eigenvalue weighted by molar-refractivity contribution is 7.91. The van der Waals surface area contributed by atoms with E-state index in [1.807, 2.05) is 0 Å². The number of halogens is 2. The lowest BCUT2D eigenvalue weighted by Gasteiger charge is -2.16. The van der Waals surface area contributed by atoms with Crippen molar-refractivity contribution in [3.63, 3.8) is 0 Å². The third-order valence-corrected chi connectivity index (χ3v) is 6.66. The van der Waals surface area contributed by atoms with E-state index < -0.39 is 40.9 Å². The molecule has 0 bridgehead atoms. The van der Waals surface area contributed by atoms with Gasteiger partial charge in [0, 0.05) is 30.4 Å². The zero-order chi connectivity index (χ0) is 17.9. The number of amides is 2. The highest BCUT2D eigenvalue weighted by atomic mass is 32.2. The molecule has 4 rings (SSSR count). The van der Waals surface area contributed by atoms with E-state index in [0.29, 0.717) is 11.5 Å². The van der Waals surface area contributed by atoms with Crippen LogP contribution >= 0.6 is 0 Å². The van der Waals surface area contributed by atoms with E-state index in [-0.39, 0.29) is 35.5 Å². The average molecular weight is 370 g/mol. The molecular weight excluding hydrogens is 354 g/mol. The van der Waals surface area contributed by atoms with Crippen LogP contribution < -0.4 is 10.2 Å². The van der Waals surface area contributed by atoms with Crippen LogP contribution in [-0.2, 0) is 20.7 Å². The second kappa shape index (κ2) is 5.84. The Morgan fingerprint density at radius 2 is 1.92 bits per heavy atom. The lowest BCUT2D eigenvalue weighted by molar-refractivity contribution is -0.127. The van der Waals surface area contributed by atoms with Gasteiger partial charge in [-0.1, -0.05) is 11.2 Å². The molecule has 9 heteroatoms. The van der Waals surface area contributed by atoms with Crippen LogP contribution in [0, 0.1) is 23.5 Å². The normalized spacial score (nSPS) is 33.2. The minimum atomic E-state index is -1.01. The lowest BCUT2D eigenvalue weighted by atomic mass is 10.1. The second-order valence-corrected chi connectivity index (χ2v) is 8.09. The number of benzene rings is 1. The van der Waals surface area contributed by atoms with Crippen molar-refractivity contribution in [2.45, 2.75) is 12.0 Å². The number of hydrogen-bond donors (Lipinski definition) is 1. The summed E-state index contributed by atoms with van der Waals surface area (Å²) in [5.74, 6) is -1.05. The molecule has 0 spiro atoms. The van der Waals surface area contributed by atoms with Crippen molar-refractivity contribution >= 4 is 28.9 Å². The largest absolute Gasteiger partial charge is 0.616 e. The van der Waals surface area contributed by atoms with Gasteiger partial charge < -0.3 is 14.6 Å². The first-order chi connectivity index (χ1) is 11.9. The van der Waals surface area contributed by atoms with E-state index in [9.17, 15) is 22.9 Å². The number of carbonyl (C=O) groups excluding carboxylic acids is 2. The number of likely N-dealkylation sites (N-methyl/N-ethyl adjacent to an activating group) is 1. The molecule has 1 aromatic carbocycles. The van der Waals surface area contributed by atoms with Crippen LogP contribution in [0.5, 0.6) is 0 Å². The Hall–Kier alpha value is -1.87. The fraction of sp³-hybridized carbons (Fsp3) is 0.500. The third-order valence-electron chi connectivity index (χ3n) is 5.15. The summed E-state index contributed by atoms with van der Waals surface area (Å²) in [6.07, 6.45) is -1.83. The predicted octanol–water partition coefficient (Wildman–Crippen LogP) is 1.13. The van der Waals surface area contributed by atoms with Crippen LogP contribution in [0.4, 0.5) is 19.3 Å². The van der Waals surface area contributed by atoms with E-state index in [2.05, 4.69) is 5.32 Å². The fourth-order valence-electron chi connectivity index (χ4n) is 3.84. The van der Waals surface area contributed by atoms with Gasteiger partial charge in [0.25, 0.3) is 5.91 Å². The topological polar surface area (TPSA) is 81.7 Å². The van der Waals surface area contributed by atoms with Gasteiger partial charge in [-0.3, -0.25) is 9.69 Å². The first-order valence-corrected chi connectivity index (χ1v) is 9.43. The molecule has 2 saturated heterocycles. The number of carbonyl (C=O) groups is 2. The Labute approximate surface area is 145 Å². The summed E-state index contributed by atoms with van der Waals surface area (Å²) >= 11 is -0.884. The van der Waals surface area contributed by atoms with Gasteiger partial charge >= 0.3 is 6.09 Å². The molecule has 5 atom stereocenters. The van der Waals surface area contributed by atoms with Crippen LogP contribution in [0.2, 0.25) is 0 Å². The van der Waals surface area contributed by atoms with Crippen LogP contribution in [-0.4, -0.2) is 47.8 Å². The molecule has 25 heavy (non-hydrogen) atoms. The number of nitrogens with one attached hydrogen (secondary N) is 1. The molecule has 3 aliphatic rings. The first kappa shape index (κ1) is 16.6. The molecule has 1 aromatic rings. The maximum absolute atomic E-state index is 14.5. The lowest BCUT2D eigenvalue weighted by Crippen LogP contribution is -2.35. The Balaban J connectivity index is 1.57. The Morgan fingerprint density at radius 1 is 1.32 bits per heavy atom. The molecule has 0 aromatic heterocycles. The zero-order valence-corrected chi connectivity index (χ0v) is 14.1. The van der Waals surface area contributed by atoms with Crippen molar-refractivity contribution < 1.29 is 27.7 Å². The number of nitrogens with zero attached hydrogens (tertiary/aromatic N) is 1. The zero-order valence-electron chi connectivity index (χ0n) is 13.3. The second-order valence-electron chi connectivity index (χ2n) is 6.55. The highest BCUT2D eigenvalue weighted by Crippen LogP contribution is 2.60. The van der Waals surface area contributed by atoms with Crippen LogP contribution in [0.25, 0.3) is 0 Å². The van der Waals surface area contributed by atoms with Crippen molar-refractivity contribution in [2.24, 2.45) is 11.8 Å². The quantitative estimate of drug-likeness (QED) is 0.809. The van der Waals surface area contributed by atoms with Crippen molar-refractivity contribution in [2.75, 3.05) is 30.0 Å². The molecule has 1 saturated carbocycles. The molecule has 2 unspecified atom stereocenters. The van der Waals surface area contributed by atoms with Gasteiger partial charge in [0.05, 0.1) is 12.2 Å². The van der Waals surface area contributed by atoms with Gasteiger partial charge in [0.1, 0.15) is 23.1 Å². The minimum absolute atomic E-state index is 0.00543. The van der Waals surface area contributed by atoms with E-state index in [1.54, 1.807) is 0 Å². The Kier molecular flexibility index (Phi) is 3.88. The highest BCUT2D eigenvalue weighted by Gasteiger charge is 2.61. The summed E-state index contributed by atoms with van der Waals surface area (Å²) in [4.78, 5) is 24.5. The monoisotopic (exact) mass is 370 g/mol. The number of rotatable bonds is 3. The minimum Gasteiger partial charge on any atom is -0.616 e. The third kappa shape index (κ3) is 2.65. The summed E-state index contributed by atoms with van der Waals surface area (Å²) < 4.78 is 45.4. The fourth-order valence-corrected chi connectivity index (χ4v) is 5.75. The smallest absolute Gasteiger partial charge is 0.415 e. The number of hydrogen-bond acceptors (Lipinski definition) is 4.